The molecule has 1 aliphatic heterocycles. The Bertz CT molecular complexity index is 932. The Morgan fingerprint density at radius 1 is 1.07 bits per heavy atom. The summed E-state index contributed by atoms with van der Waals surface area (Å²) in [4.78, 5) is 36.9. The second-order valence-electron chi connectivity index (χ2n) is 7.24. The number of hydrogen-bond acceptors (Lipinski definition) is 4. The number of anilines is 3. The van der Waals surface area contributed by atoms with Crippen molar-refractivity contribution in [2.24, 2.45) is 0 Å². The number of hydrogen-bond donors (Lipinski definition) is 4. The lowest BCUT2D eigenvalue weighted by atomic mass is 9.91. The van der Waals surface area contributed by atoms with E-state index in [1.165, 1.54) is 0 Å². The topological polar surface area (TPSA) is 90.5 Å². The van der Waals surface area contributed by atoms with E-state index < -0.39 is 5.24 Å². The summed E-state index contributed by atoms with van der Waals surface area (Å²) in [6.45, 7) is 3.82. The molecule has 0 spiro atoms. The molecule has 8 heteroatoms. The van der Waals surface area contributed by atoms with Crippen LogP contribution in [0.4, 0.5) is 21.9 Å². The van der Waals surface area contributed by atoms with Gasteiger partial charge in [0, 0.05) is 29.5 Å². The lowest BCUT2D eigenvalue weighted by Gasteiger charge is -2.40. The average Bonchev–Trinajstić information content (AvgIpc) is 2.73. The molecule has 3 amide bonds. The van der Waals surface area contributed by atoms with Gasteiger partial charge in [0.05, 0.1) is 12.6 Å². The van der Waals surface area contributed by atoms with Gasteiger partial charge in [-0.25, -0.2) is 0 Å². The maximum Gasteiger partial charge on any atom is 0.276 e. The van der Waals surface area contributed by atoms with E-state index in [9.17, 15) is 14.4 Å². The first-order valence-corrected chi connectivity index (χ1v) is 10.4. The molecule has 0 aliphatic carbocycles. The van der Waals surface area contributed by atoms with Crippen molar-refractivity contribution in [1.29, 1.82) is 0 Å². The molecule has 3 rings (SSSR count). The van der Waals surface area contributed by atoms with E-state index >= 15 is 0 Å². The summed E-state index contributed by atoms with van der Waals surface area (Å²) in [5.41, 5.74) is 3.60. The highest BCUT2D eigenvalue weighted by Crippen LogP contribution is 2.39. The zero-order valence-electron chi connectivity index (χ0n) is 17.0. The van der Waals surface area contributed by atoms with Gasteiger partial charge in [-0.3, -0.25) is 14.4 Å². The first-order chi connectivity index (χ1) is 14.4. The van der Waals surface area contributed by atoms with E-state index in [0.717, 1.165) is 23.4 Å². The summed E-state index contributed by atoms with van der Waals surface area (Å²) >= 11 is 3.56. The predicted octanol–water partition coefficient (Wildman–Crippen LogP) is 3.95. The quantitative estimate of drug-likeness (QED) is 0.527. The van der Waals surface area contributed by atoms with Crippen LogP contribution < -0.4 is 20.9 Å². The number of carbonyl (C=O) groups excluding carboxylic acids is 3. The number of fused-ring (bicyclic) bond motifs is 1. The molecule has 7 nitrogen and oxygen atoms in total. The number of benzene rings is 2. The smallest absolute Gasteiger partial charge is 0.276 e. The second kappa shape index (κ2) is 9.67. The molecular weight excluding hydrogens is 400 g/mol. The molecule has 0 aromatic heterocycles. The van der Waals surface area contributed by atoms with Gasteiger partial charge in [0.2, 0.25) is 11.8 Å². The standard InChI is InChI=1S/C22H26N4O3S/c1-3-21(28)26-14(2)12-18(17-6-4-5-7-19(17)26)24-15-8-10-16(11-9-15)25-20(27)13-23-22(29)30/h4-11,14,18,24H,3,12-13H2,1-2H3,(H,25,27)(H2,23,29,30)/t14-,18+/m0/s1. The first kappa shape index (κ1) is 21.7. The van der Waals surface area contributed by atoms with Crippen molar-refractivity contribution in [1.82, 2.24) is 5.32 Å². The maximum absolute atomic E-state index is 12.5. The van der Waals surface area contributed by atoms with Crippen LogP contribution >= 0.6 is 12.6 Å². The highest BCUT2D eigenvalue weighted by Gasteiger charge is 2.32. The van der Waals surface area contributed by atoms with Gasteiger partial charge in [-0.15, -0.1) is 0 Å². The minimum absolute atomic E-state index is 0.0724. The number of nitrogens with zero attached hydrogens (tertiary/aromatic N) is 1. The number of para-hydroxylation sites is 1. The molecule has 1 aliphatic rings. The molecule has 0 unspecified atom stereocenters. The Morgan fingerprint density at radius 3 is 2.40 bits per heavy atom. The van der Waals surface area contributed by atoms with Crippen molar-refractivity contribution in [3.05, 3.63) is 54.1 Å². The summed E-state index contributed by atoms with van der Waals surface area (Å²) in [5, 5.41) is 8.05. The molecular formula is C22H26N4O3S. The fourth-order valence-electron chi connectivity index (χ4n) is 3.71. The summed E-state index contributed by atoms with van der Waals surface area (Å²) in [6.07, 6.45) is 1.27. The van der Waals surface area contributed by atoms with Crippen molar-refractivity contribution in [3.63, 3.8) is 0 Å². The van der Waals surface area contributed by atoms with Gasteiger partial charge in [0.1, 0.15) is 0 Å². The van der Waals surface area contributed by atoms with Crippen LogP contribution in [-0.2, 0) is 9.59 Å². The Hall–Kier alpha value is -3.00. The Morgan fingerprint density at radius 2 is 1.73 bits per heavy atom. The van der Waals surface area contributed by atoms with Crippen LogP contribution in [0.1, 0.15) is 38.3 Å². The van der Waals surface area contributed by atoms with E-state index in [-0.39, 0.29) is 30.4 Å². The van der Waals surface area contributed by atoms with Gasteiger partial charge < -0.3 is 20.9 Å². The van der Waals surface area contributed by atoms with Gasteiger partial charge >= 0.3 is 0 Å². The monoisotopic (exact) mass is 426 g/mol. The Labute approximate surface area is 181 Å². The largest absolute Gasteiger partial charge is 0.378 e. The fourth-order valence-corrected chi connectivity index (χ4v) is 3.79. The average molecular weight is 427 g/mol. The van der Waals surface area contributed by atoms with Crippen LogP contribution in [0.2, 0.25) is 0 Å². The minimum Gasteiger partial charge on any atom is -0.378 e. The number of rotatable bonds is 6. The third kappa shape index (κ3) is 5.13. The van der Waals surface area contributed by atoms with Crippen molar-refractivity contribution >= 4 is 46.7 Å². The molecule has 0 fully saturated rings. The van der Waals surface area contributed by atoms with E-state index in [0.29, 0.717) is 12.1 Å². The fraction of sp³-hybridized carbons (Fsp3) is 0.318. The van der Waals surface area contributed by atoms with Gasteiger partial charge in [-0.05, 0) is 49.2 Å². The molecule has 3 N–H and O–H groups in total. The summed E-state index contributed by atoms with van der Waals surface area (Å²) in [7, 11) is 0. The molecule has 158 valence electrons. The van der Waals surface area contributed by atoms with Crippen molar-refractivity contribution in [2.75, 3.05) is 22.1 Å². The molecule has 2 aromatic carbocycles. The van der Waals surface area contributed by atoms with Gasteiger partial charge in [-0.1, -0.05) is 37.8 Å². The zero-order chi connectivity index (χ0) is 21.7. The Balaban J connectivity index is 1.71. The van der Waals surface area contributed by atoms with E-state index in [2.05, 4.69) is 41.6 Å². The maximum atomic E-state index is 12.5. The van der Waals surface area contributed by atoms with Gasteiger partial charge in [0.25, 0.3) is 5.24 Å². The SMILES string of the molecule is CCC(=O)N1c2ccccc2[C@H](Nc2ccc(NC(=O)CNC(=O)S)cc2)C[C@@H]1C. The molecule has 2 aromatic rings. The third-order valence-corrected chi connectivity index (χ3v) is 5.23. The predicted molar refractivity (Wildman–Crippen MR) is 122 cm³/mol. The number of nitrogens with one attached hydrogen (secondary N) is 3. The summed E-state index contributed by atoms with van der Waals surface area (Å²) in [5.74, 6) is -0.198. The van der Waals surface area contributed by atoms with Crippen molar-refractivity contribution in [3.8, 4) is 0 Å². The van der Waals surface area contributed by atoms with Crippen LogP contribution in [-0.4, -0.2) is 29.6 Å². The molecule has 30 heavy (non-hydrogen) atoms. The van der Waals surface area contributed by atoms with E-state index in [4.69, 9.17) is 0 Å². The van der Waals surface area contributed by atoms with Crippen molar-refractivity contribution in [2.45, 2.75) is 38.8 Å². The first-order valence-electron chi connectivity index (χ1n) is 9.93. The van der Waals surface area contributed by atoms with E-state index in [1.54, 1.807) is 12.1 Å². The number of amides is 3. The van der Waals surface area contributed by atoms with Crippen LogP contribution in [0.25, 0.3) is 0 Å². The van der Waals surface area contributed by atoms with Crippen molar-refractivity contribution < 1.29 is 14.4 Å². The zero-order valence-corrected chi connectivity index (χ0v) is 17.9. The van der Waals surface area contributed by atoms with Gasteiger partial charge in [0.15, 0.2) is 0 Å². The van der Waals surface area contributed by atoms with Crippen LogP contribution in [0, 0.1) is 0 Å². The normalized spacial score (nSPS) is 17.6. The Kier molecular flexibility index (Phi) is 6.99. The molecule has 2 atom stereocenters. The lowest BCUT2D eigenvalue weighted by molar-refractivity contribution is -0.119. The number of thiol groups is 1. The molecule has 0 bridgehead atoms. The number of carbonyl (C=O) groups is 3. The lowest BCUT2D eigenvalue weighted by Crippen LogP contribution is -2.44. The second-order valence-corrected chi connectivity index (χ2v) is 7.65. The van der Waals surface area contributed by atoms with Crippen LogP contribution in [0.3, 0.4) is 0 Å². The third-order valence-electron chi connectivity index (χ3n) is 5.07. The van der Waals surface area contributed by atoms with Crippen LogP contribution in [0.5, 0.6) is 0 Å². The molecule has 0 saturated heterocycles. The molecule has 0 radical (unpaired) electrons. The summed E-state index contributed by atoms with van der Waals surface area (Å²) in [6, 6.07) is 15.5. The van der Waals surface area contributed by atoms with Crippen LogP contribution in [0.15, 0.2) is 48.5 Å². The molecule has 0 saturated carbocycles. The minimum atomic E-state index is -0.550. The highest BCUT2D eigenvalue weighted by molar-refractivity contribution is 7.96. The molecule has 1 heterocycles. The highest BCUT2D eigenvalue weighted by atomic mass is 32.1. The van der Waals surface area contributed by atoms with Gasteiger partial charge in [-0.2, -0.15) is 0 Å². The summed E-state index contributed by atoms with van der Waals surface area (Å²) < 4.78 is 0. The van der Waals surface area contributed by atoms with E-state index in [1.807, 2.05) is 42.2 Å².